The number of rotatable bonds is 68. The second-order valence-electron chi connectivity index (χ2n) is 28.6. The lowest BCUT2D eigenvalue weighted by molar-refractivity contribution is -0.359. The van der Waals surface area contributed by atoms with Crippen molar-refractivity contribution in [2.24, 2.45) is 0 Å². The van der Waals surface area contributed by atoms with Gasteiger partial charge in [0.25, 0.3) is 0 Å². The Balaban J connectivity index is 1.61. The third kappa shape index (κ3) is 46.0. The van der Waals surface area contributed by atoms with Gasteiger partial charge in [0.15, 0.2) is 12.6 Å². The molecule has 0 aromatic heterocycles. The molecule has 2 fully saturated rings. The zero-order chi connectivity index (χ0) is 65.9. The molecule has 0 saturated carbocycles. The van der Waals surface area contributed by atoms with Crippen molar-refractivity contribution in [3.63, 3.8) is 0 Å². The summed E-state index contributed by atoms with van der Waals surface area (Å²) in [5.41, 5.74) is 0. The molecule has 12 atom stereocenters. The van der Waals surface area contributed by atoms with Crippen LogP contribution in [0, 0.1) is 0 Å². The first-order chi connectivity index (χ1) is 44.6. The third-order valence-electron chi connectivity index (χ3n) is 20.1. The number of unbranched alkanes of at least 4 members (excludes halogenated alkanes) is 55. The van der Waals surface area contributed by atoms with Crippen LogP contribution in [0.5, 0.6) is 0 Å². The van der Waals surface area contributed by atoms with Gasteiger partial charge in [0.1, 0.15) is 48.8 Å². The van der Waals surface area contributed by atoms with Crippen LogP contribution < -0.4 is 5.32 Å². The highest BCUT2D eigenvalue weighted by Crippen LogP contribution is 2.31. The standard InChI is InChI=1S/C77H151NO13/c1-3-5-7-9-11-13-15-17-19-21-23-25-27-29-31-33-35-37-39-41-43-45-47-49-51-53-55-57-59-61-69(82)78-65(64-88-76-74(87)72(85)75(68(63-80)90-76)91-77-73(86)71(84)70(83)67(62-79)89-77)66(81)60-58-56-54-52-50-48-46-44-42-40-38-36-34-32-30-28-26-24-22-20-18-16-14-12-10-8-6-4-2/h65-68,70-77,79-81,83-87H,3-64H2,1-2H3,(H,78,82). The second-order valence-corrected chi connectivity index (χ2v) is 28.6. The number of ether oxygens (including phenoxy) is 4. The Kier molecular flexibility index (Phi) is 59.1. The summed E-state index contributed by atoms with van der Waals surface area (Å²) in [6.45, 7) is 2.95. The van der Waals surface area contributed by atoms with E-state index in [0.29, 0.717) is 12.8 Å². The van der Waals surface area contributed by atoms with Gasteiger partial charge in [-0.1, -0.05) is 373 Å². The first-order valence-corrected chi connectivity index (χ1v) is 39.8. The van der Waals surface area contributed by atoms with Crippen molar-refractivity contribution in [2.45, 2.75) is 466 Å². The SMILES string of the molecule is CCCCCCCCCCCCCCCCCCCCCCCCCCCCCCCC(=O)NC(COC1OC(CO)C(OC2OC(CO)C(O)C(O)C2O)C(O)C1O)C(O)CCCCCCCCCCCCCCCCCCCCCCCCCCCCCC. The van der Waals surface area contributed by atoms with Crippen LogP contribution in [0.15, 0.2) is 0 Å². The molecular formula is C77H151NO13. The molecule has 12 unspecified atom stereocenters. The quantitative estimate of drug-likeness (QED) is 0.0259. The van der Waals surface area contributed by atoms with E-state index in [1.165, 1.54) is 315 Å². The summed E-state index contributed by atoms with van der Waals surface area (Å²) in [7, 11) is 0. The Morgan fingerprint density at radius 1 is 0.352 bits per heavy atom. The normalized spacial score (nSPS) is 22.7. The molecule has 2 aliphatic heterocycles. The maximum Gasteiger partial charge on any atom is 0.220 e. The van der Waals surface area contributed by atoms with Crippen molar-refractivity contribution < 1.29 is 64.6 Å². The monoisotopic (exact) mass is 1300 g/mol. The van der Waals surface area contributed by atoms with Gasteiger partial charge in [-0.05, 0) is 12.8 Å². The van der Waals surface area contributed by atoms with E-state index >= 15 is 0 Å². The van der Waals surface area contributed by atoms with Crippen LogP contribution >= 0.6 is 0 Å². The van der Waals surface area contributed by atoms with E-state index in [1.807, 2.05) is 0 Å². The predicted octanol–water partition coefficient (Wildman–Crippen LogP) is 17.5. The molecule has 2 rings (SSSR count). The lowest BCUT2D eigenvalue weighted by atomic mass is 9.97. The minimum atomic E-state index is -1.78. The van der Waals surface area contributed by atoms with Gasteiger partial charge in [0, 0.05) is 6.42 Å². The summed E-state index contributed by atoms with van der Waals surface area (Å²) in [5.74, 6) is -0.195. The average molecular weight is 1300 g/mol. The van der Waals surface area contributed by atoms with Crippen molar-refractivity contribution in [3.8, 4) is 0 Å². The Bertz CT molecular complexity index is 1530. The minimum absolute atomic E-state index is 0.195. The van der Waals surface area contributed by atoms with Gasteiger partial charge in [-0.15, -0.1) is 0 Å². The smallest absolute Gasteiger partial charge is 0.220 e. The van der Waals surface area contributed by atoms with E-state index in [9.17, 15) is 45.6 Å². The van der Waals surface area contributed by atoms with Crippen LogP contribution in [0.3, 0.4) is 0 Å². The number of carbonyl (C=O) groups excluding carboxylic acids is 1. The molecule has 9 N–H and O–H groups in total. The van der Waals surface area contributed by atoms with Crippen LogP contribution in [0.4, 0.5) is 0 Å². The summed E-state index contributed by atoms with van der Waals surface area (Å²) in [6.07, 6.45) is 60.0. The topological polar surface area (TPSA) is 228 Å². The molecular weight excluding hydrogens is 1150 g/mol. The first kappa shape index (κ1) is 86.1. The van der Waals surface area contributed by atoms with Crippen LogP contribution in [0.1, 0.15) is 393 Å². The van der Waals surface area contributed by atoms with Gasteiger partial charge in [0.2, 0.25) is 5.91 Å². The second kappa shape index (κ2) is 62.5. The first-order valence-electron chi connectivity index (χ1n) is 39.8. The number of hydrogen-bond acceptors (Lipinski definition) is 13. The molecule has 0 spiro atoms. The van der Waals surface area contributed by atoms with Gasteiger partial charge >= 0.3 is 0 Å². The molecule has 14 heteroatoms. The summed E-state index contributed by atoms with van der Waals surface area (Å²) in [6, 6.07) is -0.825. The van der Waals surface area contributed by atoms with Crippen molar-refractivity contribution in [3.05, 3.63) is 0 Å². The maximum atomic E-state index is 13.4. The lowest BCUT2D eigenvalue weighted by Crippen LogP contribution is -2.65. The fraction of sp³-hybridized carbons (Fsp3) is 0.987. The van der Waals surface area contributed by atoms with E-state index in [1.54, 1.807) is 0 Å². The van der Waals surface area contributed by atoms with Crippen LogP contribution in [-0.4, -0.2) is 140 Å². The highest BCUT2D eigenvalue weighted by atomic mass is 16.7. The summed E-state index contributed by atoms with van der Waals surface area (Å²) in [5, 5.41) is 87.8. The fourth-order valence-electron chi connectivity index (χ4n) is 13.8. The zero-order valence-electron chi connectivity index (χ0n) is 59.4. The van der Waals surface area contributed by atoms with Crippen molar-refractivity contribution in [2.75, 3.05) is 19.8 Å². The van der Waals surface area contributed by atoms with Gasteiger partial charge in [0.05, 0.1) is 32.0 Å². The number of nitrogens with one attached hydrogen (secondary N) is 1. The van der Waals surface area contributed by atoms with E-state index in [-0.39, 0.29) is 12.5 Å². The third-order valence-corrected chi connectivity index (χ3v) is 20.1. The molecule has 91 heavy (non-hydrogen) atoms. The highest BCUT2D eigenvalue weighted by molar-refractivity contribution is 5.76. The van der Waals surface area contributed by atoms with Crippen molar-refractivity contribution in [1.82, 2.24) is 5.32 Å². The molecule has 0 aliphatic carbocycles. The zero-order valence-corrected chi connectivity index (χ0v) is 59.4. The van der Waals surface area contributed by atoms with Crippen molar-refractivity contribution in [1.29, 1.82) is 0 Å². The van der Waals surface area contributed by atoms with E-state index in [2.05, 4.69) is 19.2 Å². The molecule has 0 aromatic carbocycles. The number of carbonyl (C=O) groups is 1. The number of amides is 1. The maximum absolute atomic E-state index is 13.4. The molecule has 2 heterocycles. The van der Waals surface area contributed by atoms with Gasteiger partial charge in [-0.2, -0.15) is 0 Å². The minimum Gasteiger partial charge on any atom is -0.394 e. The summed E-state index contributed by atoms with van der Waals surface area (Å²) in [4.78, 5) is 13.4. The molecule has 0 aromatic rings. The molecule has 2 aliphatic rings. The number of aliphatic hydroxyl groups is 8. The number of aliphatic hydroxyl groups excluding tert-OH is 8. The Hall–Kier alpha value is -1.01. The van der Waals surface area contributed by atoms with Crippen LogP contribution in [-0.2, 0) is 23.7 Å². The largest absolute Gasteiger partial charge is 0.394 e. The van der Waals surface area contributed by atoms with Gasteiger partial charge in [-0.3, -0.25) is 4.79 Å². The Morgan fingerprint density at radius 3 is 0.934 bits per heavy atom. The molecule has 0 bridgehead atoms. The van der Waals surface area contributed by atoms with Crippen LogP contribution in [0.2, 0.25) is 0 Å². The average Bonchev–Trinajstić information content (AvgIpc) is 1.06. The molecule has 2 saturated heterocycles. The molecule has 542 valence electrons. The van der Waals surface area contributed by atoms with E-state index in [0.717, 1.165) is 51.4 Å². The van der Waals surface area contributed by atoms with Gasteiger partial charge in [-0.25, -0.2) is 0 Å². The Morgan fingerprint density at radius 2 is 0.626 bits per heavy atom. The predicted molar refractivity (Wildman–Crippen MR) is 374 cm³/mol. The molecule has 1 amide bonds. The summed E-state index contributed by atoms with van der Waals surface area (Å²) >= 11 is 0. The highest BCUT2D eigenvalue weighted by Gasteiger charge is 2.51. The summed E-state index contributed by atoms with van der Waals surface area (Å²) < 4.78 is 23.0. The van der Waals surface area contributed by atoms with Gasteiger partial charge < -0.3 is 65.1 Å². The van der Waals surface area contributed by atoms with E-state index in [4.69, 9.17) is 18.9 Å². The molecule has 0 radical (unpaired) electrons. The fourth-order valence-corrected chi connectivity index (χ4v) is 13.8. The Labute approximate surface area is 559 Å². The van der Waals surface area contributed by atoms with Crippen molar-refractivity contribution >= 4 is 5.91 Å². The van der Waals surface area contributed by atoms with E-state index < -0.39 is 86.8 Å². The van der Waals surface area contributed by atoms with Crippen LogP contribution in [0.25, 0.3) is 0 Å². The number of hydrogen-bond donors (Lipinski definition) is 9. The molecule has 14 nitrogen and oxygen atoms in total. The lowest BCUT2D eigenvalue weighted by Gasteiger charge is -2.46.